The molecule has 19 heavy (non-hydrogen) atoms. The van der Waals surface area contributed by atoms with Gasteiger partial charge in [-0.15, -0.1) is 0 Å². The lowest BCUT2D eigenvalue weighted by Gasteiger charge is -2.41. The van der Waals surface area contributed by atoms with Crippen LogP contribution in [0, 0.1) is 10.1 Å². The molecule has 0 saturated heterocycles. The first-order chi connectivity index (χ1) is 8.97. The molecular formula is C11H13N3O5. The van der Waals surface area contributed by atoms with Crippen molar-refractivity contribution in [3.05, 3.63) is 27.9 Å². The number of aliphatic hydroxyl groups is 1. The third-order valence-corrected chi connectivity index (χ3v) is 3.31. The summed E-state index contributed by atoms with van der Waals surface area (Å²) in [6.07, 6.45) is 3.35. The van der Waals surface area contributed by atoms with Crippen molar-refractivity contribution in [1.82, 2.24) is 4.98 Å². The van der Waals surface area contributed by atoms with E-state index in [2.05, 4.69) is 10.3 Å². The highest BCUT2D eigenvalue weighted by atomic mass is 16.6. The first kappa shape index (κ1) is 13.2. The van der Waals surface area contributed by atoms with Crippen LogP contribution in [0.5, 0.6) is 0 Å². The molecule has 1 aromatic heterocycles. The molecule has 1 fully saturated rings. The number of carboxylic acids is 1. The van der Waals surface area contributed by atoms with Crippen molar-refractivity contribution in [1.29, 1.82) is 0 Å². The molecule has 0 unspecified atom stereocenters. The maximum Gasteiger partial charge on any atom is 0.339 e. The molecule has 0 amide bonds. The van der Waals surface area contributed by atoms with E-state index >= 15 is 0 Å². The molecule has 0 aromatic carbocycles. The molecule has 102 valence electrons. The molecule has 8 nitrogen and oxygen atoms in total. The molecule has 0 radical (unpaired) electrons. The van der Waals surface area contributed by atoms with Crippen molar-refractivity contribution in [2.24, 2.45) is 0 Å². The van der Waals surface area contributed by atoms with E-state index in [1.807, 2.05) is 0 Å². The van der Waals surface area contributed by atoms with E-state index in [0.717, 1.165) is 18.7 Å². The second-order valence-corrected chi connectivity index (χ2v) is 4.57. The SMILES string of the molecule is O=C(O)c1cc([N+](=O)[O-])cnc1NC1(CO)CCC1. The molecule has 1 aliphatic rings. The second kappa shape index (κ2) is 4.81. The van der Waals surface area contributed by atoms with Gasteiger partial charge in [0.05, 0.1) is 17.1 Å². The Morgan fingerprint density at radius 3 is 2.68 bits per heavy atom. The number of nitro groups is 1. The van der Waals surface area contributed by atoms with E-state index in [9.17, 15) is 20.0 Å². The van der Waals surface area contributed by atoms with Gasteiger partial charge in [0.15, 0.2) is 0 Å². The molecule has 3 N–H and O–H groups in total. The van der Waals surface area contributed by atoms with Crippen molar-refractivity contribution in [2.45, 2.75) is 24.8 Å². The van der Waals surface area contributed by atoms with Crippen LogP contribution < -0.4 is 5.32 Å². The van der Waals surface area contributed by atoms with Gasteiger partial charge in [-0.2, -0.15) is 0 Å². The van der Waals surface area contributed by atoms with E-state index < -0.39 is 16.4 Å². The summed E-state index contributed by atoms with van der Waals surface area (Å²) in [5.74, 6) is -1.25. The van der Waals surface area contributed by atoms with Gasteiger partial charge in [0.25, 0.3) is 5.69 Å². The average Bonchev–Trinajstić information content (AvgIpc) is 2.33. The van der Waals surface area contributed by atoms with Crippen LogP contribution in [0.4, 0.5) is 11.5 Å². The zero-order valence-corrected chi connectivity index (χ0v) is 10.00. The van der Waals surface area contributed by atoms with Crippen LogP contribution in [0.3, 0.4) is 0 Å². The van der Waals surface area contributed by atoms with Crippen molar-refractivity contribution in [3.8, 4) is 0 Å². The van der Waals surface area contributed by atoms with Crippen LogP contribution in [0.1, 0.15) is 29.6 Å². The molecule has 2 rings (SSSR count). The fraction of sp³-hybridized carbons (Fsp3) is 0.455. The fourth-order valence-corrected chi connectivity index (χ4v) is 1.99. The smallest absolute Gasteiger partial charge is 0.339 e. The van der Waals surface area contributed by atoms with Gasteiger partial charge in [0, 0.05) is 6.07 Å². The zero-order valence-electron chi connectivity index (χ0n) is 10.00. The summed E-state index contributed by atoms with van der Waals surface area (Å²) in [4.78, 5) is 24.8. The number of carbonyl (C=O) groups is 1. The Hall–Kier alpha value is -2.22. The molecule has 1 saturated carbocycles. The highest BCUT2D eigenvalue weighted by Gasteiger charge is 2.37. The summed E-state index contributed by atoms with van der Waals surface area (Å²) < 4.78 is 0. The van der Waals surface area contributed by atoms with Gasteiger partial charge in [-0.3, -0.25) is 10.1 Å². The fourth-order valence-electron chi connectivity index (χ4n) is 1.99. The van der Waals surface area contributed by atoms with Gasteiger partial charge in [0.1, 0.15) is 17.6 Å². The Morgan fingerprint density at radius 1 is 1.58 bits per heavy atom. The third-order valence-electron chi connectivity index (χ3n) is 3.31. The molecule has 0 bridgehead atoms. The van der Waals surface area contributed by atoms with Crippen molar-refractivity contribution in [2.75, 3.05) is 11.9 Å². The topological polar surface area (TPSA) is 126 Å². The standard InChI is InChI=1S/C11H13N3O5/c15-6-11(2-1-3-11)13-9-8(10(16)17)4-7(5-12-9)14(18)19/h4-5,15H,1-3,6H2,(H,12,13)(H,16,17). The van der Waals surface area contributed by atoms with E-state index in [-0.39, 0.29) is 23.7 Å². The second-order valence-electron chi connectivity index (χ2n) is 4.57. The summed E-state index contributed by atoms with van der Waals surface area (Å²) in [5.41, 5.74) is -1.21. The number of hydrogen-bond donors (Lipinski definition) is 3. The first-order valence-electron chi connectivity index (χ1n) is 5.74. The van der Waals surface area contributed by atoms with E-state index in [1.54, 1.807) is 0 Å². The number of pyridine rings is 1. The summed E-state index contributed by atoms with van der Waals surface area (Å²) in [6.45, 7) is -0.134. The van der Waals surface area contributed by atoms with E-state index in [1.165, 1.54) is 0 Å². The van der Waals surface area contributed by atoms with E-state index in [0.29, 0.717) is 12.8 Å². The molecular weight excluding hydrogens is 254 g/mol. The molecule has 0 atom stereocenters. The summed E-state index contributed by atoms with van der Waals surface area (Å²) in [6, 6.07) is 0.960. The number of aromatic nitrogens is 1. The van der Waals surface area contributed by atoms with Crippen LogP contribution in [-0.4, -0.2) is 38.2 Å². The number of anilines is 1. The number of carboxylic acid groups (broad SMARTS) is 1. The van der Waals surface area contributed by atoms with Gasteiger partial charge >= 0.3 is 5.97 Å². The number of aromatic carboxylic acids is 1. The van der Waals surface area contributed by atoms with Crippen LogP contribution in [0.2, 0.25) is 0 Å². The Kier molecular flexibility index (Phi) is 3.34. The molecule has 0 spiro atoms. The van der Waals surface area contributed by atoms with Gasteiger partial charge in [-0.25, -0.2) is 9.78 Å². The summed E-state index contributed by atoms with van der Waals surface area (Å²) >= 11 is 0. The van der Waals surface area contributed by atoms with Crippen molar-refractivity contribution < 1.29 is 19.9 Å². The number of nitrogens with one attached hydrogen (secondary N) is 1. The van der Waals surface area contributed by atoms with Crippen molar-refractivity contribution in [3.63, 3.8) is 0 Å². The normalized spacial score (nSPS) is 16.5. The number of nitrogens with zero attached hydrogens (tertiary/aromatic N) is 2. The molecule has 8 heteroatoms. The minimum absolute atomic E-state index is 0.0480. The predicted octanol–water partition coefficient (Wildman–Crippen LogP) is 1.01. The monoisotopic (exact) mass is 267 g/mol. The molecule has 1 aliphatic carbocycles. The minimum Gasteiger partial charge on any atom is -0.478 e. The van der Waals surface area contributed by atoms with Crippen LogP contribution in [0.25, 0.3) is 0 Å². The number of aliphatic hydroxyl groups excluding tert-OH is 1. The Labute approximate surface area is 108 Å². The van der Waals surface area contributed by atoms with Gasteiger partial charge in [0.2, 0.25) is 0 Å². The number of rotatable bonds is 5. The molecule has 0 aliphatic heterocycles. The van der Waals surface area contributed by atoms with E-state index in [4.69, 9.17) is 5.11 Å². The zero-order chi connectivity index (χ0) is 14.0. The predicted molar refractivity (Wildman–Crippen MR) is 65.1 cm³/mol. The average molecular weight is 267 g/mol. The van der Waals surface area contributed by atoms with Crippen molar-refractivity contribution >= 4 is 17.5 Å². The van der Waals surface area contributed by atoms with Gasteiger partial charge in [-0.05, 0) is 19.3 Å². The Bertz CT molecular complexity index is 522. The quantitative estimate of drug-likeness (QED) is 0.537. The first-order valence-corrected chi connectivity index (χ1v) is 5.74. The molecule has 1 aromatic rings. The maximum atomic E-state index is 11.1. The number of hydrogen-bond acceptors (Lipinski definition) is 6. The summed E-state index contributed by atoms with van der Waals surface area (Å²) in [7, 11) is 0. The van der Waals surface area contributed by atoms with Gasteiger partial charge < -0.3 is 15.5 Å². The Morgan fingerprint density at radius 2 is 2.26 bits per heavy atom. The third kappa shape index (κ3) is 2.48. The van der Waals surface area contributed by atoms with Gasteiger partial charge in [-0.1, -0.05) is 0 Å². The lowest BCUT2D eigenvalue weighted by molar-refractivity contribution is -0.385. The minimum atomic E-state index is -1.30. The largest absolute Gasteiger partial charge is 0.478 e. The lowest BCUT2D eigenvalue weighted by Crippen LogP contribution is -2.48. The van der Waals surface area contributed by atoms with Crippen LogP contribution in [0.15, 0.2) is 12.3 Å². The molecule has 1 heterocycles. The Balaban J connectivity index is 2.34. The highest BCUT2D eigenvalue weighted by molar-refractivity contribution is 5.94. The lowest BCUT2D eigenvalue weighted by atomic mass is 9.77. The maximum absolute atomic E-state index is 11.1. The van der Waals surface area contributed by atoms with Crippen LogP contribution >= 0.6 is 0 Å². The summed E-state index contributed by atoms with van der Waals surface area (Å²) in [5, 5.41) is 31.9. The highest BCUT2D eigenvalue weighted by Crippen LogP contribution is 2.35. The van der Waals surface area contributed by atoms with Crippen LogP contribution in [-0.2, 0) is 0 Å².